The molecule has 5 rings (SSSR count). The van der Waals surface area contributed by atoms with Gasteiger partial charge in [-0.05, 0) is 78.9 Å². The molecule has 0 aliphatic carbocycles. The summed E-state index contributed by atoms with van der Waals surface area (Å²) in [7, 11) is 0. The minimum absolute atomic E-state index is 0.170. The van der Waals surface area contributed by atoms with E-state index in [0.29, 0.717) is 5.11 Å². The third-order valence-electron chi connectivity index (χ3n) is 5.68. The number of carboxylic acid groups (broad SMARTS) is 1. The van der Waals surface area contributed by atoms with Crippen molar-refractivity contribution in [3.8, 4) is 11.4 Å². The number of phenolic OH excluding ortho intramolecular Hbond substituents is 1. The Balaban J connectivity index is 1.66. The van der Waals surface area contributed by atoms with Crippen LogP contribution < -0.4 is 10.2 Å². The minimum Gasteiger partial charge on any atom is -0.508 e. The molecule has 0 spiro atoms. The van der Waals surface area contributed by atoms with Gasteiger partial charge in [-0.3, -0.25) is 4.98 Å². The standard InChI is InChI=1S/C25H20N4O3S/c30-19-11-9-17(10-12-19)29-23(22(27-25(29)33)20-7-1-2-13-26-20)21-8-4-14-28(21)18-6-3-5-16(15-18)24(31)32/h1-15,22-23,30H,(H,27,33)(H,31,32)/t22-,23+/m1/s1. The Hall–Kier alpha value is -4.17. The van der Waals surface area contributed by atoms with Crippen LogP contribution in [-0.4, -0.2) is 30.8 Å². The van der Waals surface area contributed by atoms with Gasteiger partial charge in [-0.25, -0.2) is 4.79 Å². The second kappa shape index (κ2) is 8.40. The molecule has 0 radical (unpaired) electrons. The number of phenols is 1. The lowest BCUT2D eigenvalue weighted by Crippen LogP contribution is -2.30. The third kappa shape index (κ3) is 3.81. The molecule has 164 valence electrons. The maximum absolute atomic E-state index is 11.5. The molecule has 0 bridgehead atoms. The predicted octanol–water partition coefficient (Wildman–Crippen LogP) is 4.45. The van der Waals surface area contributed by atoms with Gasteiger partial charge in [-0.2, -0.15) is 0 Å². The second-order valence-electron chi connectivity index (χ2n) is 7.67. The molecule has 1 aliphatic heterocycles. The summed E-state index contributed by atoms with van der Waals surface area (Å²) in [4.78, 5) is 18.1. The summed E-state index contributed by atoms with van der Waals surface area (Å²) >= 11 is 5.74. The summed E-state index contributed by atoms with van der Waals surface area (Å²) in [5.41, 5.74) is 3.51. The van der Waals surface area contributed by atoms with Gasteiger partial charge in [0, 0.05) is 29.5 Å². The number of carbonyl (C=O) groups is 1. The fraction of sp³-hybridized carbons (Fsp3) is 0.0800. The highest BCUT2D eigenvalue weighted by Crippen LogP contribution is 2.42. The molecule has 2 aromatic carbocycles. The predicted molar refractivity (Wildman–Crippen MR) is 129 cm³/mol. The van der Waals surface area contributed by atoms with E-state index >= 15 is 0 Å². The molecule has 1 fully saturated rings. The first-order valence-corrected chi connectivity index (χ1v) is 10.7. The summed E-state index contributed by atoms with van der Waals surface area (Å²) in [5.74, 6) is -0.810. The second-order valence-corrected chi connectivity index (χ2v) is 8.06. The van der Waals surface area contributed by atoms with E-state index in [1.807, 2.05) is 64.2 Å². The number of thiocarbonyl (C=S) groups is 1. The van der Waals surface area contributed by atoms with E-state index in [4.69, 9.17) is 12.2 Å². The zero-order valence-corrected chi connectivity index (χ0v) is 18.2. The lowest BCUT2D eigenvalue weighted by Gasteiger charge is -2.29. The van der Waals surface area contributed by atoms with Crippen LogP contribution in [0.5, 0.6) is 5.75 Å². The van der Waals surface area contributed by atoms with E-state index in [1.165, 1.54) is 0 Å². The molecule has 33 heavy (non-hydrogen) atoms. The molecule has 2 aromatic heterocycles. The Morgan fingerprint density at radius 3 is 2.52 bits per heavy atom. The summed E-state index contributed by atoms with van der Waals surface area (Å²) < 4.78 is 1.97. The van der Waals surface area contributed by atoms with Crippen LogP contribution in [0.4, 0.5) is 5.69 Å². The van der Waals surface area contributed by atoms with Gasteiger partial charge in [0.15, 0.2) is 5.11 Å². The number of aromatic nitrogens is 2. The Morgan fingerprint density at radius 2 is 1.79 bits per heavy atom. The molecule has 3 heterocycles. The lowest BCUT2D eigenvalue weighted by molar-refractivity contribution is 0.0697. The van der Waals surface area contributed by atoms with Crippen LogP contribution in [0.1, 0.15) is 33.8 Å². The van der Waals surface area contributed by atoms with Crippen LogP contribution in [0, 0.1) is 0 Å². The number of benzene rings is 2. The molecule has 4 aromatic rings. The van der Waals surface area contributed by atoms with E-state index in [9.17, 15) is 15.0 Å². The van der Waals surface area contributed by atoms with Crippen LogP contribution in [0.25, 0.3) is 5.69 Å². The molecule has 0 unspecified atom stereocenters. The van der Waals surface area contributed by atoms with Crippen molar-refractivity contribution in [2.75, 3.05) is 4.90 Å². The Bertz CT molecular complexity index is 1320. The highest BCUT2D eigenvalue weighted by atomic mass is 32.1. The molecule has 1 aliphatic rings. The van der Waals surface area contributed by atoms with Crippen molar-refractivity contribution in [1.82, 2.24) is 14.9 Å². The number of nitrogens with zero attached hydrogens (tertiary/aromatic N) is 3. The zero-order valence-electron chi connectivity index (χ0n) is 17.4. The van der Waals surface area contributed by atoms with Crippen molar-refractivity contribution in [2.45, 2.75) is 12.1 Å². The lowest BCUT2D eigenvalue weighted by atomic mass is 10.0. The monoisotopic (exact) mass is 456 g/mol. The average Bonchev–Trinajstić information content (AvgIpc) is 3.44. The van der Waals surface area contributed by atoms with Gasteiger partial charge in [0.2, 0.25) is 0 Å². The van der Waals surface area contributed by atoms with Crippen LogP contribution in [0.2, 0.25) is 0 Å². The first-order chi connectivity index (χ1) is 16.0. The topological polar surface area (TPSA) is 90.6 Å². The maximum atomic E-state index is 11.5. The highest BCUT2D eigenvalue weighted by molar-refractivity contribution is 7.80. The number of hydrogen-bond donors (Lipinski definition) is 3. The van der Waals surface area contributed by atoms with Crippen molar-refractivity contribution < 1.29 is 15.0 Å². The first kappa shape index (κ1) is 20.7. The van der Waals surface area contributed by atoms with Gasteiger partial charge in [0.25, 0.3) is 0 Å². The molecule has 0 saturated carbocycles. The minimum atomic E-state index is -0.980. The molecular weight excluding hydrogens is 436 g/mol. The van der Waals surface area contributed by atoms with Crippen LogP contribution >= 0.6 is 12.2 Å². The van der Waals surface area contributed by atoms with Crippen molar-refractivity contribution >= 4 is 29.0 Å². The van der Waals surface area contributed by atoms with E-state index in [0.717, 1.165) is 22.8 Å². The fourth-order valence-corrected chi connectivity index (χ4v) is 4.55. The van der Waals surface area contributed by atoms with Gasteiger partial charge in [0.05, 0.1) is 17.3 Å². The Labute approximate surface area is 195 Å². The van der Waals surface area contributed by atoms with Crippen LogP contribution in [-0.2, 0) is 0 Å². The first-order valence-electron chi connectivity index (χ1n) is 10.3. The van der Waals surface area contributed by atoms with E-state index in [-0.39, 0.29) is 23.4 Å². The molecular formula is C25H20N4O3S. The SMILES string of the molecule is O=C(O)c1cccc(-n2cccc2[C@H]2[C@@H](c3ccccn3)NC(=S)N2c2ccc(O)cc2)c1. The quantitative estimate of drug-likeness (QED) is 0.382. The summed E-state index contributed by atoms with van der Waals surface area (Å²) in [6, 6.07) is 22.8. The van der Waals surface area contributed by atoms with E-state index in [1.54, 1.807) is 36.5 Å². The molecule has 7 nitrogen and oxygen atoms in total. The van der Waals surface area contributed by atoms with Crippen LogP contribution in [0.15, 0.2) is 91.3 Å². The van der Waals surface area contributed by atoms with Crippen molar-refractivity contribution in [2.24, 2.45) is 0 Å². The van der Waals surface area contributed by atoms with Crippen LogP contribution in [0.3, 0.4) is 0 Å². The third-order valence-corrected chi connectivity index (χ3v) is 6.00. The van der Waals surface area contributed by atoms with E-state index in [2.05, 4.69) is 10.3 Å². The molecule has 0 amide bonds. The maximum Gasteiger partial charge on any atom is 0.335 e. The van der Waals surface area contributed by atoms with Crippen molar-refractivity contribution in [3.05, 3.63) is 108 Å². The van der Waals surface area contributed by atoms with Crippen molar-refractivity contribution in [3.63, 3.8) is 0 Å². The average molecular weight is 457 g/mol. The number of rotatable bonds is 5. The molecule has 8 heteroatoms. The largest absolute Gasteiger partial charge is 0.508 e. The summed E-state index contributed by atoms with van der Waals surface area (Å²) in [6.45, 7) is 0. The molecule has 3 N–H and O–H groups in total. The Morgan fingerprint density at radius 1 is 0.970 bits per heavy atom. The summed E-state index contributed by atoms with van der Waals surface area (Å²) in [5, 5.41) is 23.2. The normalized spacial score (nSPS) is 17.7. The van der Waals surface area contributed by atoms with Gasteiger partial charge in [-0.1, -0.05) is 12.1 Å². The smallest absolute Gasteiger partial charge is 0.335 e. The molecule has 1 saturated heterocycles. The van der Waals surface area contributed by atoms with Gasteiger partial charge in [0.1, 0.15) is 11.8 Å². The summed E-state index contributed by atoms with van der Waals surface area (Å²) in [6.07, 6.45) is 3.65. The Kier molecular flexibility index (Phi) is 5.27. The van der Waals surface area contributed by atoms with E-state index < -0.39 is 5.97 Å². The molecule has 2 atom stereocenters. The number of carboxylic acids is 1. The van der Waals surface area contributed by atoms with Gasteiger partial charge >= 0.3 is 5.97 Å². The number of aromatic carboxylic acids is 1. The number of nitrogens with one attached hydrogen (secondary N) is 1. The number of hydrogen-bond acceptors (Lipinski definition) is 4. The zero-order chi connectivity index (χ0) is 22.9. The number of pyridine rings is 1. The highest BCUT2D eigenvalue weighted by Gasteiger charge is 2.42. The number of aromatic hydroxyl groups is 1. The van der Waals surface area contributed by atoms with Crippen molar-refractivity contribution in [1.29, 1.82) is 0 Å². The fourth-order valence-electron chi connectivity index (χ4n) is 4.21. The van der Waals surface area contributed by atoms with Gasteiger partial charge < -0.3 is 25.0 Å². The van der Waals surface area contributed by atoms with Gasteiger partial charge in [-0.15, -0.1) is 0 Å². The number of anilines is 1.